The van der Waals surface area contributed by atoms with Gasteiger partial charge in [0.2, 0.25) is 0 Å². The third-order valence-electron chi connectivity index (χ3n) is 4.63. The quantitative estimate of drug-likeness (QED) is 0.410. The zero-order valence-electron chi connectivity index (χ0n) is 16.5. The lowest BCUT2D eigenvalue weighted by molar-refractivity contribution is 0.340. The van der Waals surface area contributed by atoms with Gasteiger partial charge in [0.1, 0.15) is 5.75 Å². The summed E-state index contributed by atoms with van der Waals surface area (Å²) in [6.45, 7) is 2.65. The van der Waals surface area contributed by atoms with E-state index in [4.69, 9.17) is 16.3 Å². The topological polar surface area (TPSA) is 77.4 Å². The van der Waals surface area contributed by atoms with Crippen molar-refractivity contribution >= 4 is 48.9 Å². The summed E-state index contributed by atoms with van der Waals surface area (Å²) < 4.78 is 35.9. The van der Waals surface area contributed by atoms with E-state index in [2.05, 4.69) is 4.72 Å². The highest BCUT2D eigenvalue weighted by Gasteiger charge is 2.18. The summed E-state index contributed by atoms with van der Waals surface area (Å²) in [5.41, 5.74) is 1.88. The summed E-state index contributed by atoms with van der Waals surface area (Å²) in [6, 6.07) is 18.7. The predicted molar refractivity (Wildman–Crippen MR) is 125 cm³/mol. The fourth-order valence-electron chi connectivity index (χ4n) is 3.19. The van der Waals surface area contributed by atoms with Gasteiger partial charge in [-0.25, -0.2) is 8.42 Å². The van der Waals surface area contributed by atoms with E-state index in [0.717, 1.165) is 16.9 Å². The minimum atomic E-state index is -3.84. The first-order valence-electron chi connectivity index (χ1n) is 9.50. The number of nitrogens with zero attached hydrogens (tertiary/aromatic N) is 1. The Hall–Kier alpha value is -2.81. The largest absolute Gasteiger partial charge is 0.494 e. The van der Waals surface area contributed by atoms with Gasteiger partial charge in [0.25, 0.3) is 10.0 Å². The smallest absolute Gasteiger partial charge is 0.308 e. The first-order chi connectivity index (χ1) is 14.9. The Morgan fingerprint density at radius 3 is 2.65 bits per heavy atom. The lowest BCUT2D eigenvalue weighted by Gasteiger charge is -2.10. The molecular formula is C22H19ClN2O4S2. The van der Waals surface area contributed by atoms with Crippen molar-refractivity contribution in [3.63, 3.8) is 0 Å². The number of hydrogen-bond donors (Lipinski definition) is 1. The number of nitrogens with one attached hydrogen (secondary N) is 1. The lowest BCUT2D eigenvalue weighted by atomic mass is 10.2. The SMILES string of the molecule is CCOc1cccc(NS(=O)(=O)c2ccc3c(c2)sc(=O)n3Cc2ccccc2Cl)c1. The van der Waals surface area contributed by atoms with E-state index in [-0.39, 0.29) is 9.77 Å². The van der Waals surface area contributed by atoms with Gasteiger partial charge in [-0.3, -0.25) is 14.1 Å². The van der Waals surface area contributed by atoms with E-state index in [0.29, 0.717) is 39.8 Å². The first kappa shape index (κ1) is 21.4. The summed E-state index contributed by atoms with van der Waals surface area (Å²) in [5.74, 6) is 0.577. The van der Waals surface area contributed by atoms with Crippen LogP contribution in [0.1, 0.15) is 12.5 Å². The molecule has 0 saturated heterocycles. The highest BCUT2D eigenvalue weighted by Crippen LogP contribution is 2.26. The number of anilines is 1. The van der Waals surface area contributed by atoms with Gasteiger partial charge in [-0.05, 0) is 48.9 Å². The van der Waals surface area contributed by atoms with Crippen molar-refractivity contribution in [1.29, 1.82) is 0 Å². The molecule has 0 amide bonds. The summed E-state index contributed by atoms with van der Waals surface area (Å²) in [6.07, 6.45) is 0. The Bertz CT molecular complexity index is 1410. The standard InChI is InChI=1S/C22H19ClN2O4S2/c1-2-29-17-8-5-7-16(12-17)24-31(27,28)18-10-11-20-21(13-18)30-22(26)25(20)14-15-6-3-4-9-19(15)23/h3-13,24H,2,14H2,1H3. The maximum absolute atomic E-state index is 12.9. The molecule has 31 heavy (non-hydrogen) atoms. The van der Waals surface area contributed by atoms with Crippen molar-refractivity contribution in [1.82, 2.24) is 4.57 Å². The molecule has 4 aromatic rings. The molecule has 3 aromatic carbocycles. The minimum absolute atomic E-state index is 0.0768. The summed E-state index contributed by atoms with van der Waals surface area (Å²) in [7, 11) is -3.84. The number of benzene rings is 3. The van der Waals surface area contributed by atoms with Gasteiger partial charge < -0.3 is 4.74 Å². The van der Waals surface area contributed by atoms with Crippen LogP contribution in [0.3, 0.4) is 0 Å². The van der Waals surface area contributed by atoms with Crippen molar-refractivity contribution in [2.45, 2.75) is 18.4 Å². The highest BCUT2D eigenvalue weighted by molar-refractivity contribution is 7.92. The lowest BCUT2D eigenvalue weighted by Crippen LogP contribution is -2.14. The molecular weight excluding hydrogens is 456 g/mol. The Morgan fingerprint density at radius 1 is 1.06 bits per heavy atom. The minimum Gasteiger partial charge on any atom is -0.494 e. The molecule has 0 saturated carbocycles. The molecule has 0 aliphatic rings. The monoisotopic (exact) mass is 474 g/mol. The zero-order chi connectivity index (χ0) is 22.0. The van der Waals surface area contributed by atoms with E-state index >= 15 is 0 Å². The molecule has 1 heterocycles. The molecule has 0 aliphatic heterocycles. The van der Waals surface area contributed by atoms with Crippen molar-refractivity contribution < 1.29 is 13.2 Å². The summed E-state index contributed by atoms with van der Waals surface area (Å²) >= 11 is 7.23. The van der Waals surface area contributed by atoms with Crippen LogP contribution in [0, 0.1) is 0 Å². The molecule has 0 aliphatic carbocycles. The van der Waals surface area contributed by atoms with E-state index in [1.54, 1.807) is 41.0 Å². The van der Waals surface area contributed by atoms with E-state index in [9.17, 15) is 13.2 Å². The van der Waals surface area contributed by atoms with Gasteiger partial charge in [0.05, 0.1) is 34.0 Å². The molecule has 9 heteroatoms. The van der Waals surface area contributed by atoms with Crippen molar-refractivity contribution in [2.24, 2.45) is 0 Å². The average Bonchev–Trinajstić information content (AvgIpc) is 3.04. The molecule has 0 atom stereocenters. The first-order valence-corrected chi connectivity index (χ1v) is 12.2. The maximum Gasteiger partial charge on any atom is 0.308 e. The van der Waals surface area contributed by atoms with Gasteiger partial charge >= 0.3 is 4.87 Å². The molecule has 1 N–H and O–H groups in total. The van der Waals surface area contributed by atoms with Crippen LogP contribution < -0.4 is 14.3 Å². The second-order valence-electron chi connectivity index (χ2n) is 6.74. The van der Waals surface area contributed by atoms with Crippen LogP contribution in [0.4, 0.5) is 5.69 Å². The Morgan fingerprint density at radius 2 is 1.87 bits per heavy atom. The van der Waals surface area contributed by atoms with E-state index < -0.39 is 10.0 Å². The third-order valence-corrected chi connectivity index (χ3v) is 7.32. The number of halogens is 1. The molecule has 4 rings (SSSR count). The molecule has 0 fully saturated rings. The van der Waals surface area contributed by atoms with Crippen molar-refractivity contribution in [3.05, 3.63) is 87.0 Å². The number of thiazole rings is 1. The number of fused-ring (bicyclic) bond motifs is 1. The zero-order valence-corrected chi connectivity index (χ0v) is 18.9. The summed E-state index contributed by atoms with van der Waals surface area (Å²) in [4.78, 5) is 12.5. The van der Waals surface area contributed by atoms with Crippen LogP contribution in [0.5, 0.6) is 5.75 Å². The molecule has 160 valence electrons. The third kappa shape index (κ3) is 4.61. The number of rotatable bonds is 7. The van der Waals surface area contributed by atoms with Gasteiger partial charge in [-0.2, -0.15) is 0 Å². The van der Waals surface area contributed by atoms with Gasteiger partial charge in [-0.15, -0.1) is 0 Å². The molecule has 0 bridgehead atoms. The van der Waals surface area contributed by atoms with E-state index in [1.807, 2.05) is 25.1 Å². The average molecular weight is 475 g/mol. The van der Waals surface area contributed by atoms with Crippen molar-refractivity contribution in [2.75, 3.05) is 11.3 Å². The molecule has 0 unspecified atom stereocenters. The Balaban J connectivity index is 1.66. The number of ether oxygens (including phenoxy) is 1. The molecule has 0 radical (unpaired) electrons. The van der Waals surface area contributed by atoms with Gasteiger partial charge in [0, 0.05) is 11.1 Å². The van der Waals surface area contributed by atoms with Crippen molar-refractivity contribution in [3.8, 4) is 5.75 Å². The highest BCUT2D eigenvalue weighted by atomic mass is 35.5. The van der Waals surface area contributed by atoms with Crippen LogP contribution in [0.25, 0.3) is 10.2 Å². The van der Waals surface area contributed by atoms with Crippen LogP contribution >= 0.6 is 22.9 Å². The van der Waals surface area contributed by atoms with E-state index in [1.165, 1.54) is 12.1 Å². The van der Waals surface area contributed by atoms with Crippen LogP contribution in [-0.2, 0) is 16.6 Å². The fraction of sp³-hybridized carbons (Fsp3) is 0.136. The normalized spacial score (nSPS) is 11.5. The molecule has 0 spiro atoms. The van der Waals surface area contributed by atoms with Gasteiger partial charge in [0.15, 0.2) is 0 Å². The Labute approximate surface area is 188 Å². The molecule has 1 aromatic heterocycles. The summed E-state index contributed by atoms with van der Waals surface area (Å²) in [5, 5.41) is 0.575. The second kappa shape index (κ2) is 8.74. The second-order valence-corrected chi connectivity index (χ2v) is 9.82. The maximum atomic E-state index is 12.9. The number of hydrogen-bond acceptors (Lipinski definition) is 5. The number of sulfonamides is 1. The Kier molecular flexibility index (Phi) is 6.04. The van der Waals surface area contributed by atoms with Crippen LogP contribution in [0.2, 0.25) is 5.02 Å². The van der Waals surface area contributed by atoms with Gasteiger partial charge in [-0.1, -0.05) is 47.2 Å². The molecule has 6 nitrogen and oxygen atoms in total. The number of aromatic nitrogens is 1. The van der Waals surface area contributed by atoms with Crippen LogP contribution in [-0.4, -0.2) is 19.6 Å². The van der Waals surface area contributed by atoms with Crippen LogP contribution in [0.15, 0.2) is 76.4 Å². The predicted octanol–water partition coefficient (Wildman–Crippen LogP) is 4.96. The fourth-order valence-corrected chi connectivity index (χ4v) is 5.47.